The van der Waals surface area contributed by atoms with Crippen LogP contribution < -0.4 is 0 Å². The molecule has 0 saturated heterocycles. The van der Waals surface area contributed by atoms with Crippen LogP contribution in [0.4, 0.5) is 0 Å². The summed E-state index contributed by atoms with van der Waals surface area (Å²) in [7, 11) is 0. The van der Waals surface area contributed by atoms with Crippen LogP contribution in [0.25, 0.3) is 17.0 Å². The van der Waals surface area contributed by atoms with Crippen molar-refractivity contribution < 1.29 is 0 Å². The molecule has 0 aliphatic carbocycles. The lowest BCUT2D eigenvalue weighted by atomic mass is 10.1. The van der Waals surface area contributed by atoms with E-state index in [1.54, 1.807) is 0 Å². The van der Waals surface area contributed by atoms with Gasteiger partial charge in [-0.25, -0.2) is 0 Å². The van der Waals surface area contributed by atoms with Crippen LogP contribution >= 0.6 is 11.6 Å². The maximum atomic E-state index is 5.81. The van der Waals surface area contributed by atoms with Crippen molar-refractivity contribution in [3.63, 3.8) is 0 Å². The van der Waals surface area contributed by atoms with Crippen molar-refractivity contribution in [2.75, 3.05) is 5.88 Å². The molecule has 2 rings (SSSR count). The number of halogens is 1. The molecular formula is C14H14ClN. The Morgan fingerprint density at radius 1 is 1.38 bits per heavy atom. The number of pyridine rings is 1. The number of hydrogen-bond acceptors (Lipinski definition) is 1. The van der Waals surface area contributed by atoms with Crippen LogP contribution in [0.1, 0.15) is 18.2 Å². The summed E-state index contributed by atoms with van der Waals surface area (Å²) in [6.45, 7) is 4.05. The van der Waals surface area contributed by atoms with Gasteiger partial charge in [-0.2, -0.15) is 0 Å². The molecule has 2 aromatic rings. The number of allylic oxidation sites excluding steroid dienone is 1. The van der Waals surface area contributed by atoms with Gasteiger partial charge in [0.15, 0.2) is 0 Å². The van der Waals surface area contributed by atoms with E-state index < -0.39 is 0 Å². The SMILES string of the molecule is CC(=Cc1cc(C)nc2ccccc12)CCl. The lowest BCUT2D eigenvalue weighted by Crippen LogP contribution is -1.88. The van der Waals surface area contributed by atoms with Gasteiger partial charge in [0.2, 0.25) is 0 Å². The van der Waals surface area contributed by atoms with E-state index >= 15 is 0 Å². The average Bonchev–Trinajstić information content (AvgIpc) is 2.28. The fraction of sp³-hybridized carbons (Fsp3) is 0.214. The van der Waals surface area contributed by atoms with Gasteiger partial charge in [-0.05, 0) is 31.5 Å². The predicted molar refractivity (Wildman–Crippen MR) is 70.9 cm³/mol. The maximum absolute atomic E-state index is 5.81. The molecule has 1 aromatic carbocycles. The van der Waals surface area contributed by atoms with Gasteiger partial charge in [-0.3, -0.25) is 4.98 Å². The summed E-state index contributed by atoms with van der Waals surface area (Å²) in [4.78, 5) is 4.51. The van der Waals surface area contributed by atoms with Crippen LogP contribution in [0.3, 0.4) is 0 Å². The van der Waals surface area contributed by atoms with Crippen LogP contribution in [-0.4, -0.2) is 10.9 Å². The molecule has 1 nitrogen and oxygen atoms in total. The molecule has 0 aliphatic heterocycles. The molecule has 0 amide bonds. The highest BCUT2D eigenvalue weighted by molar-refractivity contribution is 6.19. The van der Waals surface area contributed by atoms with Gasteiger partial charge in [0, 0.05) is 17.0 Å². The quantitative estimate of drug-likeness (QED) is 0.707. The molecule has 0 radical (unpaired) electrons. The van der Waals surface area contributed by atoms with E-state index in [9.17, 15) is 0 Å². The lowest BCUT2D eigenvalue weighted by molar-refractivity contribution is 1.25. The molecule has 0 saturated carbocycles. The molecule has 2 heteroatoms. The number of benzene rings is 1. The number of hydrogen-bond donors (Lipinski definition) is 0. The van der Waals surface area contributed by atoms with E-state index in [0.717, 1.165) is 16.8 Å². The largest absolute Gasteiger partial charge is 0.253 e. The smallest absolute Gasteiger partial charge is 0.0711 e. The van der Waals surface area contributed by atoms with Crippen molar-refractivity contribution in [3.8, 4) is 0 Å². The first-order valence-corrected chi connectivity index (χ1v) is 5.83. The van der Waals surface area contributed by atoms with Crippen molar-refractivity contribution >= 4 is 28.6 Å². The Morgan fingerprint density at radius 3 is 2.88 bits per heavy atom. The van der Waals surface area contributed by atoms with Gasteiger partial charge in [0.05, 0.1) is 5.52 Å². The summed E-state index contributed by atoms with van der Waals surface area (Å²) < 4.78 is 0. The minimum atomic E-state index is 0.565. The monoisotopic (exact) mass is 231 g/mol. The summed E-state index contributed by atoms with van der Waals surface area (Å²) in [5, 5.41) is 1.18. The van der Waals surface area contributed by atoms with Gasteiger partial charge in [-0.1, -0.05) is 29.8 Å². The summed E-state index contributed by atoms with van der Waals surface area (Å²) in [5.74, 6) is 0.565. The third-order valence-electron chi connectivity index (χ3n) is 2.49. The fourth-order valence-electron chi connectivity index (χ4n) is 1.76. The van der Waals surface area contributed by atoms with E-state index in [0.29, 0.717) is 5.88 Å². The molecule has 1 aromatic heterocycles. The second-order valence-electron chi connectivity index (χ2n) is 3.99. The number of aryl methyl sites for hydroxylation is 1. The molecule has 0 spiro atoms. The lowest BCUT2D eigenvalue weighted by Gasteiger charge is -2.04. The van der Waals surface area contributed by atoms with E-state index in [1.807, 2.05) is 32.0 Å². The molecular weight excluding hydrogens is 218 g/mol. The molecule has 82 valence electrons. The Labute approximate surface area is 101 Å². The number of nitrogens with zero attached hydrogens (tertiary/aromatic N) is 1. The van der Waals surface area contributed by atoms with Crippen LogP contribution in [0.2, 0.25) is 0 Å². The fourth-order valence-corrected chi connectivity index (χ4v) is 1.84. The highest BCUT2D eigenvalue weighted by Crippen LogP contribution is 2.20. The first-order valence-electron chi connectivity index (χ1n) is 5.30. The van der Waals surface area contributed by atoms with Crippen molar-refractivity contribution in [1.29, 1.82) is 0 Å². The number of para-hydroxylation sites is 1. The summed E-state index contributed by atoms with van der Waals surface area (Å²) in [6, 6.07) is 10.3. The first-order chi connectivity index (χ1) is 7.70. The van der Waals surface area contributed by atoms with E-state index in [4.69, 9.17) is 11.6 Å². The Balaban J connectivity index is 2.68. The highest BCUT2D eigenvalue weighted by atomic mass is 35.5. The Hall–Kier alpha value is -1.34. The topological polar surface area (TPSA) is 12.9 Å². The zero-order valence-corrected chi connectivity index (χ0v) is 10.3. The number of aromatic nitrogens is 1. The first kappa shape index (κ1) is 11.2. The number of alkyl halides is 1. The Morgan fingerprint density at radius 2 is 2.12 bits per heavy atom. The van der Waals surface area contributed by atoms with E-state index in [2.05, 4.69) is 23.2 Å². The zero-order chi connectivity index (χ0) is 11.5. The van der Waals surface area contributed by atoms with Crippen LogP contribution in [0, 0.1) is 6.92 Å². The van der Waals surface area contributed by atoms with Crippen molar-refractivity contribution in [2.45, 2.75) is 13.8 Å². The average molecular weight is 232 g/mol. The minimum Gasteiger partial charge on any atom is -0.253 e. The molecule has 0 fully saturated rings. The number of rotatable bonds is 2. The van der Waals surface area contributed by atoms with Gasteiger partial charge in [0.25, 0.3) is 0 Å². The maximum Gasteiger partial charge on any atom is 0.0711 e. The van der Waals surface area contributed by atoms with Crippen LogP contribution in [0.15, 0.2) is 35.9 Å². The van der Waals surface area contributed by atoms with Gasteiger partial charge < -0.3 is 0 Å². The minimum absolute atomic E-state index is 0.565. The molecule has 0 unspecified atom stereocenters. The highest BCUT2D eigenvalue weighted by Gasteiger charge is 2.01. The summed E-state index contributed by atoms with van der Waals surface area (Å²) >= 11 is 5.81. The molecule has 16 heavy (non-hydrogen) atoms. The third-order valence-corrected chi connectivity index (χ3v) is 2.91. The van der Waals surface area contributed by atoms with Gasteiger partial charge in [-0.15, -0.1) is 11.6 Å². The molecule has 1 heterocycles. The molecule has 0 N–H and O–H groups in total. The number of fused-ring (bicyclic) bond motifs is 1. The standard InChI is InChI=1S/C14H14ClN/c1-10(9-15)7-12-8-11(2)16-14-6-4-3-5-13(12)14/h3-8H,9H2,1-2H3. The van der Waals surface area contributed by atoms with E-state index in [-0.39, 0.29) is 0 Å². The Kier molecular flexibility index (Phi) is 3.25. The normalized spacial score (nSPS) is 12.1. The van der Waals surface area contributed by atoms with Crippen molar-refractivity contribution in [1.82, 2.24) is 4.98 Å². The van der Waals surface area contributed by atoms with Gasteiger partial charge >= 0.3 is 0 Å². The van der Waals surface area contributed by atoms with Gasteiger partial charge in [0.1, 0.15) is 0 Å². The summed E-state index contributed by atoms with van der Waals surface area (Å²) in [5.41, 5.74) is 4.43. The predicted octanol–water partition coefficient (Wildman–Crippen LogP) is 4.19. The van der Waals surface area contributed by atoms with Crippen LogP contribution in [-0.2, 0) is 0 Å². The molecule has 0 atom stereocenters. The van der Waals surface area contributed by atoms with Crippen molar-refractivity contribution in [2.24, 2.45) is 0 Å². The zero-order valence-electron chi connectivity index (χ0n) is 9.50. The Bertz CT molecular complexity index is 543. The molecule has 0 bridgehead atoms. The molecule has 0 aliphatic rings. The second-order valence-corrected chi connectivity index (χ2v) is 4.26. The second kappa shape index (κ2) is 4.67. The van der Waals surface area contributed by atoms with E-state index in [1.165, 1.54) is 10.9 Å². The summed E-state index contributed by atoms with van der Waals surface area (Å²) in [6.07, 6.45) is 2.13. The van der Waals surface area contributed by atoms with Crippen LogP contribution in [0.5, 0.6) is 0 Å². The third kappa shape index (κ3) is 2.25. The van der Waals surface area contributed by atoms with Crippen molar-refractivity contribution in [3.05, 3.63) is 47.2 Å².